The van der Waals surface area contributed by atoms with Crippen LogP contribution in [-0.2, 0) is 13.0 Å². The molecule has 104 valence electrons. The highest BCUT2D eigenvalue weighted by Crippen LogP contribution is 2.26. The van der Waals surface area contributed by atoms with Crippen molar-refractivity contribution in [1.82, 2.24) is 15.3 Å². The van der Waals surface area contributed by atoms with Crippen molar-refractivity contribution >= 4 is 27.4 Å². The highest BCUT2D eigenvalue weighted by atomic mass is 79.9. The number of rotatable bonds is 3. The van der Waals surface area contributed by atoms with E-state index in [1.54, 1.807) is 7.11 Å². The van der Waals surface area contributed by atoms with Crippen LogP contribution in [-0.4, -0.2) is 23.6 Å². The van der Waals surface area contributed by atoms with Gasteiger partial charge in [-0.05, 0) is 18.2 Å². The van der Waals surface area contributed by atoms with E-state index in [2.05, 4.69) is 36.5 Å². The molecule has 0 bridgehead atoms. The fourth-order valence-corrected chi connectivity index (χ4v) is 2.62. The summed E-state index contributed by atoms with van der Waals surface area (Å²) in [7, 11) is 1.59. The summed E-state index contributed by atoms with van der Waals surface area (Å²) in [5.74, 6) is 0.803. The lowest BCUT2D eigenvalue weighted by Gasteiger charge is -2.20. The van der Waals surface area contributed by atoms with Gasteiger partial charge in [0, 0.05) is 35.2 Å². The molecular weight excluding hydrogens is 320 g/mol. The lowest BCUT2D eigenvalue weighted by molar-refractivity contribution is 0.377. The van der Waals surface area contributed by atoms with E-state index in [4.69, 9.17) is 4.74 Å². The minimum absolute atomic E-state index is 0.406. The van der Waals surface area contributed by atoms with Gasteiger partial charge in [-0.15, -0.1) is 0 Å². The average Bonchev–Trinajstić information content (AvgIpc) is 2.47. The number of hydrogen-bond acceptors (Lipinski definition) is 5. The Labute approximate surface area is 125 Å². The number of hydrogen-bond donors (Lipinski definition) is 2. The third-order valence-electron chi connectivity index (χ3n) is 3.18. The van der Waals surface area contributed by atoms with Gasteiger partial charge < -0.3 is 15.4 Å². The highest BCUT2D eigenvalue weighted by molar-refractivity contribution is 9.10. The fraction of sp³-hybridized carbons (Fsp3) is 0.286. The summed E-state index contributed by atoms with van der Waals surface area (Å²) < 4.78 is 6.21. The van der Waals surface area contributed by atoms with Crippen molar-refractivity contribution in [3.8, 4) is 6.01 Å². The zero-order chi connectivity index (χ0) is 13.9. The molecule has 5 nitrogen and oxygen atoms in total. The van der Waals surface area contributed by atoms with Crippen LogP contribution in [0.3, 0.4) is 0 Å². The van der Waals surface area contributed by atoms with E-state index in [1.807, 2.05) is 24.3 Å². The Morgan fingerprint density at radius 2 is 2.25 bits per heavy atom. The molecule has 2 aromatic rings. The molecule has 0 unspecified atom stereocenters. The molecule has 1 aliphatic rings. The smallest absolute Gasteiger partial charge is 0.318 e. The lowest BCUT2D eigenvalue weighted by atomic mass is 10.1. The number of halogens is 1. The molecule has 2 N–H and O–H groups in total. The van der Waals surface area contributed by atoms with E-state index in [9.17, 15) is 0 Å². The molecule has 0 amide bonds. The molecule has 2 heterocycles. The van der Waals surface area contributed by atoms with Gasteiger partial charge >= 0.3 is 6.01 Å². The van der Waals surface area contributed by atoms with Crippen LogP contribution in [0.2, 0.25) is 0 Å². The number of anilines is 2. The standard InChI is InChI=1S/C14H15BrN4O/c1-20-14-18-12-5-6-16-8-11(12)13(19-14)17-10-4-2-3-9(15)7-10/h2-4,7,16H,5-6,8H2,1H3,(H,17,18,19). The first-order valence-electron chi connectivity index (χ1n) is 6.43. The van der Waals surface area contributed by atoms with Crippen LogP contribution in [0.25, 0.3) is 0 Å². The van der Waals surface area contributed by atoms with Crippen LogP contribution < -0.4 is 15.4 Å². The Kier molecular flexibility index (Phi) is 3.84. The molecule has 0 radical (unpaired) electrons. The number of fused-ring (bicyclic) bond motifs is 1. The second-order valence-electron chi connectivity index (χ2n) is 4.55. The number of aromatic nitrogens is 2. The molecule has 0 fully saturated rings. The summed E-state index contributed by atoms with van der Waals surface area (Å²) >= 11 is 3.47. The zero-order valence-corrected chi connectivity index (χ0v) is 12.7. The second-order valence-corrected chi connectivity index (χ2v) is 5.46. The molecule has 0 spiro atoms. The summed E-state index contributed by atoms with van der Waals surface area (Å²) in [6.07, 6.45) is 0.890. The van der Waals surface area contributed by atoms with Gasteiger partial charge in [0.2, 0.25) is 0 Å². The van der Waals surface area contributed by atoms with Crippen LogP contribution in [0, 0.1) is 0 Å². The molecule has 0 atom stereocenters. The molecule has 1 aliphatic heterocycles. The fourth-order valence-electron chi connectivity index (χ4n) is 2.22. The first-order chi connectivity index (χ1) is 9.76. The number of ether oxygens (including phenoxy) is 1. The Morgan fingerprint density at radius 3 is 3.05 bits per heavy atom. The summed E-state index contributed by atoms with van der Waals surface area (Å²) in [5, 5.41) is 6.69. The van der Waals surface area contributed by atoms with Crippen LogP contribution in [0.5, 0.6) is 6.01 Å². The van der Waals surface area contributed by atoms with Crippen molar-refractivity contribution in [1.29, 1.82) is 0 Å². The first kappa shape index (κ1) is 13.3. The van der Waals surface area contributed by atoms with Crippen molar-refractivity contribution in [2.45, 2.75) is 13.0 Å². The van der Waals surface area contributed by atoms with Crippen LogP contribution >= 0.6 is 15.9 Å². The molecule has 0 saturated heterocycles. The van der Waals surface area contributed by atoms with E-state index >= 15 is 0 Å². The number of benzene rings is 1. The molecule has 20 heavy (non-hydrogen) atoms. The summed E-state index contributed by atoms with van der Waals surface area (Å²) in [6, 6.07) is 8.39. The summed E-state index contributed by atoms with van der Waals surface area (Å²) in [5.41, 5.74) is 3.14. The lowest BCUT2D eigenvalue weighted by Crippen LogP contribution is -2.26. The van der Waals surface area contributed by atoms with Gasteiger partial charge in [-0.1, -0.05) is 22.0 Å². The Morgan fingerprint density at radius 1 is 1.35 bits per heavy atom. The molecule has 1 aromatic carbocycles. The molecular formula is C14H15BrN4O. The van der Waals surface area contributed by atoms with Gasteiger partial charge in [0.25, 0.3) is 0 Å². The van der Waals surface area contributed by atoms with Crippen molar-refractivity contribution in [3.63, 3.8) is 0 Å². The maximum Gasteiger partial charge on any atom is 0.318 e. The van der Waals surface area contributed by atoms with Crippen LogP contribution in [0.15, 0.2) is 28.7 Å². The first-order valence-corrected chi connectivity index (χ1v) is 7.22. The maximum atomic E-state index is 5.19. The van der Waals surface area contributed by atoms with Crippen LogP contribution in [0.4, 0.5) is 11.5 Å². The monoisotopic (exact) mass is 334 g/mol. The maximum absolute atomic E-state index is 5.19. The van der Waals surface area contributed by atoms with Crippen molar-refractivity contribution in [2.75, 3.05) is 19.0 Å². The van der Waals surface area contributed by atoms with E-state index in [0.29, 0.717) is 6.01 Å². The molecule has 0 saturated carbocycles. The minimum Gasteiger partial charge on any atom is -0.467 e. The largest absolute Gasteiger partial charge is 0.467 e. The zero-order valence-electron chi connectivity index (χ0n) is 11.1. The Bertz CT molecular complexity index is 633. The van der Waals surface area contributed by atoms with Gasteiger partial charge in [-0.2, -0.15) is 9.97 Å². The van der Waals surface area contributed by atoms with Gasteiger partial charge in [0.05, 0.1) is 12.8 Å². The quantitative estimate of drug-likeness (QED) is 0.903. The van der Waals surface area contributed by atoms with Gasteiger partial charge in [0.15, 0.2) is 0 Å². The SMILES string of the molecule is COc1nc2c(c(Nc3cccc(Br)c3)n1)CNCC2. The van der Waals surface area contributed by atoms with E-state index in [-0.39, 0.29) is 0 Å². The predicted octanol–water partition coefficient (Wildman–Crippen LogP) is 2.64. The van der Waals surface area contributed by atoms with Gasteiger partial charge in [-0.3, -0.25) is 0 Å². The minimum atomic E-state index is 0.406. The topological polar surface area (TPSA) is 59.1 Å². The average molecular weight is 335 g/mol. The van der Waals surface area contributed by atoms with Gasteiger partial charge in [-0.25, -0.2) is 0 Å². The van der Waals surface area contributed by atoms with E-state index in [1.165, 1.54) is 0 Å². The number of methoxy groups -OCH3 is 1. The third kappa shape index (κ3) is 2.76. The van der Waals surface area contributed by atoms with Crippen molar-refractivity contribution in [3.05, 3.63) is 40.0 Å². The molecule has 1 aromatic heterocycles. The van der Waals surface area contributed by atoms with Crippen molar-refractivity contribution < 1.29 is 4.74 Å². The third-order valence-corrected chi connectivity index (χ3v) is 3.68. The van der Waals surface area contributed by atoms with Gasteiger partial charge in [0.1, 0.15) is 5.82 Å². The van der Waals surface area contributed by atoms with E-state index < -0.39 is 0 Å². The molecule has 6 heteroatoms. The normalized spacial score (nSPS) is 13.7. The van der Waals surface area contributed by atoms with Crippen molar-refractivity contribution in [2.24, 2.45) is 0 Å². The number of nitrogens with zero attached hydrogens (tertiary/aromatic N) is 2. The predicted molar refractivity (Wildman–Crippen MR) is 81.4 cm³/mol. The van der Waals surface area contributed by atoms with E-state index in [0.717, 1.165) is 46.7 Å². The Balaban J connectivity index is 1.99. The summed E-state index contributed by atoms with van der Waals surface area (Å²) in [4.78, 5) is 8.86. The second kappa shape index (κ2) is 5.76. The Hall–Kier alpha value is -1.66. The highest BCUT2D eigenvalue weighted by Gasteiger charge is 2.18. The molecule has 0 aliphatic carbocycles. The molecule has 3 rings (SSSR count). The number of nitrogens with one attached hydrogen (secondary N) is 2. The van der Waals surface area contributed by atoms with Crippen LogP contribution in [0.1, 0.15) is 11.3 Å². The summed E-state index contributed by atoms with van der Waals surface area (Å²) in [6.45, 7) is 1.71.